The van der Waals surface area contributed by atoms with E-state index in [1.54, 1.807) is 12.1 Å². The molecule has 1 atom stereocenters. The van der Waals surface area contributed by atoms with Crippen LogP contribution < -0.4 is 10.6 Å². The third-order valence-electron chi connectivity index (χ3n) is 2.51. The summed E-state index contributed by atoms with van der Waals surface area (Å²) in [4.78, 5) is 11.6. The van der Waals surface area contributed by atoms with Crippen LogP contribution in [0.2, 0.25) is 5.02 Å². The second-order valence-corrected chi connectivity index (χ2v) is 4.40. The molecule has 0 aliphatic heterocycles. The van der Waals surface area contributed by atoms with Crippen molar-refractivity contribution in [1.82, 2.24) is 5.32 Å². The normalized spacial score (nSPS) is 11.9. The molecule has 2 aromatic rings. The van der Waals surface area contributed by atoms with Crippen LogP contribution in [0.4, 0.5) is 14.9 Å². The van der Waals surface area contributed by atoms with Crippen LogP contribution in [0.25, 0.3) is 0 Å². The average molecular weight is 299 g/mol. The van der Waals surface area contributed by atoms with Crippen LogP contribution in [0.1, 0.15) is 11.9 Å². The fourth-order valence-corrected chi connectivity index (χ4v) is 1.70. The van der Waals surface area contributed by atoms with Crippen LogP contribution in [0.3, 0.4) is 0 Å². The summed E-state index contributed by atoms with van der Waals surface area (Å²) in [6, 6.07) is 6.51. The van der Waals surface area contributed by atoms with E-state index in [-0.39, 0.29) is 11.6 Å². The number of nitrogens with one attached hydrogen (secondary N) is 2. The predicted octanol–water partition coefficient (Wildman–Crippen LogP) is 2.93. The van der Waals surface area contributed by atoms with Crippen LogP contribution in [0, 0.1) is 5.82 Å². The monoisotopic (exact) mass is 298 g/mol. The number of aliphatic hydroxyl groups is 1. The van der Waals surface area contributed by atoms with Crippen molar-refractivity contribution in [3.63, 3.8) is 0 Å². The fraction of sp³-hybridized carbons (Fsp3) is 0.154. The number of hydrogen-bond donors (Lipinski definition) is 3. The topological polar surface area (TPSA) is 74.5 Å². The van der Waals surface area contributed by atoms with Gasteiger partial charge in [-0.15, -0.1) is 0 Å². The van der Waals surface area contributed by atoms with Gasteiger partial charge in [0.15, 0.2) is 0 Å². The summed E-state index contributed by atoms with van der Waals surface area (Å²) in [5, 5.41) is 14.5. The second kappa shape index (κ2) is 6.40. The van der Waals surface area contributed by atoms with Crippen molar-refractivity contribution in [1.29, 1.82) is 0 Å². The van der Waals surface area contributed by atoms with Crippen molar-refractivity contribution < 1.29 is 18.7 Å². The van der Waals surface area contributed by atoms with Crippen LogP contribution >= 0.6 is 11.6 Å². The number of anilines is 1. The minimum absolute atomic E-state index is 0.0196. The third-order valence-corrected chi connectivity index (χ3v) is 2.79. The minimum Gasteiger partial charge on any atom is -0.467 e. The lowest BCUT2D eigenvalue weighted by Crippen LogP contribution is -2.32. The molecule has 1 aromatic heterocycles. The van der Waals surface area contributed by atoms with Crippen LogP contribution in [-0.4, -0.2) is 17.7 Å². The van der Waals surface area contributed by atoms with Crippen LogP contribution in [0.5, 0.6) is 0 Å². The third kappa shape index (κ3) is 3.72. The van der Waals surface area contributed by atoms with Gasteiger partial charge in [-0.3, -0.25) is 0 Å². The molecule has 1 unspecified atom stereocenters. The van der Waals surface area contributed by atoms with Gasteiger partial charge < -0.3 is 20.2 Å². The molecule has 3 N–H and O–H groups in total. The lowest BCUT2D eigenvalue weighted by molar-refractivity contribution is 0.149. The summed E-state index contributed by atoms with van der Waals surface area (Å²) in [6.07, 6.45) is 0.492. The molecule has 20 heavy (non-hydrogen) atoms. The van der Waals surface area contributed by atoms with Crippen molar-refractivity contribution in [3.8, 4) is 0 Å². The first-order valence-electron chi connectivity index (χ1n) is 5.77. The first-order chi connectivity index (χ1) is 9.56. The molecule has 0 saturated carbocycles. The van der Waals surface area contributed by atoms with Gasteiger partial charge in [-0.2, -0.15) is 0 Å². The Balaban J connectivity index is 1.85. The van der Waals surface area contributed by atoms with Gasteiger partial charge in [0.05, 0.1) is 17.8 Å². The van der Waals surface area contributed by atoms with E-state index in [1.807, 2.05) is 0 Å². The lowest BCUT2D eigenvalue weighted by atomic mass is 10.3. The van der Waals surface area contributed by atoms with E-state index >= 15 is 0 Å². The predicted molar refractivity (Wildman–Crippen MR) is 72.1 cm³/mol. The molecule has 0 aliphatic carbocycles. The molecule has 2 rings (SSSR count). The molecule has 0 saturated heterocycles. The SMILES string of the molecule is O=C(NCC(O)c1ccco1)Nc1ccc(F)c(Cl)c1. The van der Waals surface area contributed by atoms with Gasteiger partial charge in [0.2, 0.25) is 0 Å². The quantitative estimate of drug-likeness (QED) is 0.812. The molecule has 2 amide bonds. The number of aliphatic hydroxyl groups excluding tert-OH is 1. The molecule has 1 aromatic carbocycles. The van der Waals surface area contributed by atoms with E-state index in [4.69, 9.17) is 16.0 Å². The summed E-state index contributed by atoms with van der Waals surface area (Å²) in [7, 11) is 0. The standard InChI is InChI=1S/C13H12ClFN2O3/c14-9-6-8(3-4-10(9)15)17-13(19)16-7-11(18)12-2-1-5-20-12/h1-6,11,18H,7H2,(H2,16,17,19). The first-order valence-corrected chi connectivity index (χ1v) is 6.15. The summed E-state index contributed by atoms with van der Waals surface area (Å²) < 4.78 is 17.9. The van der Waals surface area contributed by atoms with Crippen molar-refractivity contribution in [2.24, 2.45) is 0 Å². The van der Waals surface area contributed by atoms with E-state index in [0.717, 1.165) is 6.07 Å². The maximum atomic E-state index is 12.9. The van der Waals surface area contributed by atoms with Crippen molar-refractivity contribution in [2.75, 3.05) is 11.9 Å². The number of amides is 2. The Bertz CT molecular complexity index is 589. The average Bonchev–Trinajstić information content (AvgIpc) is 2.94. The van der Waals surface area contributed by atoms with Gasteiger partial charge in [0, 0.05) is 5.69 Å². The number of hydrogen-bond acceptors (Lipinski definition) is 3. The number of carbonyl (C=O) groups is 1. The Morgan fingerprint density at radius 1 is 1.45 bits per heavy atom. The zero-order valence-corrected chi connectivity index (χ0v) is 11.0. The highest BCUT2D eigenvalue weighted by Crippen LogP contribution is 2.19. The van der Waals surface area contributed by atoms with E-state index in [9.17, 15) is 14.3 Å². The second-order valence-electron chi connectivity index (χ2n) is 4.00. The zero-order chi connectivity index (χ0) is 14.5. The van der Waals surface area contributed by atoms with Gasteiger partial charge in [-0.05, 0) is 30.3 Å². The molecule has 1 heterocycles. The number of furan rings is 1. The Morgan fingerprint density at radius 2 is 2.25 bits per heavy atom. The van der Waals surface area contributed by atoms with Crippen molar-refractivity contribution in [3.05, 3.63) is 53.2 Å². The fourth-order valence-electron chi connectivity index (χ4n) is 1.52. The first kappa shape index (κ1) is 14.4. The highest BCUT2D eigenvalue weighted by molar-refractivity contribution is 6.31. The largest absolute Gasteiger partial charge is 0.467 e. The Hall–Kier alpha value is -2.05. The molecular weight excluding hydrogens is 287 g/mol. The lowest BCUT2D eigenvalue weighted by Gasteiger charge is -2.11. The van der Waals surface area contributed by atoms with E-state index in [1.165, 1.54) is 18.4 Å². The van der Waals surface area contributed by atoms with Gasteiger partial charge >= 0.3 is 6.03 Å². The van der Waals surface area contributed by atoms with E-state index in [2.05, 4.69) is 10.6 Å². The Kier molecular flexibility index (Phi) is 4.60. The zero-order valence-electron chi connectivity index (χ0n) is 10.3. The van der Waals surface area contributed by atoms with Gasteiger partial charge in [-0.25, -0.2) is 9.18 Å². The smallest absolute Gasteiger partial charge is 0.319 e. The van der Waals surface area contributed by atoms with Crippen LogP contribution in [0.15, 0.2) is 41.0 Å². The van der Waals surface area contributed by atoms with Gasteiger partial charge in [0.1, 0.15) is 17.7 Å². The highest BCUT2D eigenvalue weighted by atomic mass is 35.5. The molecule has 0 bridgehead atoms. The Morgan fingerprint density at radius 3 is 2.90 bits per heavy atom. The molecule has 5 nitrogen and oxygen atoms in total. The van der Waals surface area contributed by atoms with Gasteiger partial charge in [0.25, 0.3) is 0 Å². The Labute approximate surface area is 119 Å². The van der Waals surface area contributed by atoms with E-state index in [0.29, 0.717) is 11.4 Å². The molecular formula is C13H12ClFN2O3. The molecule has 0 radical (unpaired) electrons. The highest BCUT2D eigenvalue weighted by Gasteiger charge is 2.12. The van der Waals surface area contributed by atoms with Gasteiger partial charge in [-0.1, -0.05) is 11.6 Å². The minimum atomic E-state index is -0.937. The molecule has 106 valence electrons. The summed E-state index contributed by atoms with van der Waals surface area (Å²) >= 11 is 5.59. The van der Waals surface area contributed by atoms with E-state index < -0.39 is 18.0 Å². The maximum absolute atomic E-state index is 12.9. The van der Waals surface area contributed by atoms with Crippen LogP contribution in [-0.2, 0) is 0 Å². The molecule has 0 fully saturated rings. The summed E-state index contributed by atoms with van der Waals surface area (Å²) in [5.74, 6) is -0.207. The molecule has 0 aliphatic rings. The summed E-state index contributed by atoms with van der Waals surface area (Å²) in [5.41, 5.74) is 0.349. The number of rotatable bonds is 4. The maximum Gasteiger partial charge on any atom is 0.319 e. The molecule has 7 heteroatoms. The van der Waals surface area contributed by atoms with Crippen molar-refractivity contribution >= 4 is 23.3 Å². The van der Waals surface area contributed by atoms with Crippen molar-refractivity contribution in [2.45, 2.75) is 6.10 Å². The number of carbonyl (C=O) groups excluding carboxylic acids is 1. The molecule has 0 spiro atoms. The number of urea groups is 1. The number of benzene rings is 1. The summed E-state index contributed by atoms with van der Waals surface area (Å²) in [6.45, 7) is -0.0196. The number of halogens is 2.